The Morgan fingerprint density at radius 2 is 1.71 bits per heavy atom. The Labute approximate surface area is 170 Å². The minimum atomic E-state index is -3.80. The van der Waals surface area contributed by atoms with E-state index in [2.05, 4.69) is 5.32 Å². The summed E-state index contributed by atoms with van der Waals surface area (Å²) < 4.78 is 39.1. The van der Waals surface area contributed by atoms with Gasteiger partial charge in [0.05, 0.1) is 10.6 Å². The number of hydrogen-bond acceptors (Lipinski definition) is 5. The summed E-state index contributed by atoms with van der Waals surface area (Å²) in [5, 5.41) is 3.06. The zero-order valence-electron chi connectivity index (χ0n) is 15.3. The van der Waals surface area contributed by atoms with Crippen molar-refractivity contribution < 1.29 is 17.9 Å². The predicted octanol–water partition coefficient (Wildman–Crippen LogP) is 3.30. The zero-order chi connectivity index (χ0) is 18.9. The van der Waals surface area contributed by atoms with Gasteiger partial charge in [-0.25, -0.2) is 12.4 Å². The van der Waals surface area contributed by atoms with Gasteiger partial charge in [-0.05, 0) is 36.4 Å². The average Bonchev–Trinajstić information content (AvgIpc) is 3.13. The Balaban J connectivity index is 0.00000225. The Bertz CT molecular complexity index is 1070. The summed E-state index contributed by atoms with van der Waals surface area (Å²) in [6.07, 6.45) is 1.66. The lowest BCUT2D eigenvalue weighted by atomic mass is 10.1. The number of benzene rings is 2. The van der Waals surface area contributed by atoms with Gasteiger partial charge in [-0.1, -0.05) is 30.3 Å². The number of rotatable bonds is 5. The normalized spacial score (nSPS) is 13.0. The van der Waals surface area contributed by atoms with Gasteiger partial charge in [0.1, 0.15) is 13.2 Å². The van der Waals surface area contributed by atoms with Crippen LogP contribution in [0.1, 0.15) is 5.56 Å². The fourth-order valence-corrected chi connectivity index (χ4v) is 4.53. The molecule has 4 rings (SSSR count). The molecule has 1 aliphatic rings. The van der Waals surface area contributed by atoms with Gasteiger partial charge in [0.15, 0.2) is 11.5 Å². The van der Waals surface area contributed by atoms with Gasteiger partial charge in [0.25, 0.3) is 10.0 Å². The van der Waals surface area contributed by atoms with Crippen molar-refractivity contribution in [3.8, 4) is 22.8 Å². The van der Waals surface area contributed by atoms with Crippen LogP contribution in [-0.2, 0) is 16.6 Å². The number of aromatic nitrogens is 1. The van der Waals surface area contributed by atoms with E-state index in [0.29, 0.717) is 37.0 Å². The quantitative estimate of drug-likeness (QED) is 0.685. The summed E-state index contributed by atoms with van der Waals surface area (Å²) in [6, 6.07) is 16.1. The molecule has 6 nitrogen and oxygen atoms in total. The molecule has 0 unspecified atom stereocenters. The zero-order valence-corrected chi connectivity index (χ0v) is 16.9. The van der Waals surface area contributed by atoms with Crippen LogP contribution >= 0.6 is 12.4 Å². The molecule has 2 heterocycles. The molecule has 0 saturated heterocycles. The lowest BCUT2D eigenvalue weighted by Gasteiger charge is -2.19. The van der Waals surface area contributed by atoms with Crippen molar-refractivity contribution in [1.29, 1.82) is 0 Å². The fourth-order valence-electron chi connectivity index (χ4n) is 3.11. The van der Waals surface area contributed by atoms with Gasteiger partial charge in [0, 0.05) is 18.8 Å². The summed E-state index contributed by atoms with van der Waals surface area (Å²) in [5.74, 6) is 1.01. The van der Waals surface area contributed by atoms with Crippen LogP contribution in [0.5, 0.6) is 11.5 Å². The first-order valence-electron chi connectivity index (χ1n) is 8.66. The van der Waals surface area contributed by atoms with Crippen LogP contribution in [0.2, 0.25) is 0 Å². The molecule has 2 aromatic carbocycles. The molecule has 0 spiro atoms. The fraction of sp³-hybridized carbons (Fsp3) is 0.200. The predicted molar refractivity (Wildman–Crippen MR) is 110 cm³/mol. The van der Waals surface area contributed by atoms with E-state index in [-0.39, 0.29) is 17.3 Å². The van der Waals surface area contributed by atoms with Crippen LogP contribution in [0.3, 0.4) is 0 Å². The second-order valence-corrected chi connectivity index (χ2v) is 8.05. The Morgan fingerprint density at radius 1 is 1.00 bits per heavy atom. The van der Waals surface area contributed by atoms with Gasteiger partial charge in [0.2, 0.25) is 0 Å². The van der Waals surface area contributed by atoms with Crippen molar-refractivity contribution in [1.82, 2.24) is 9.29 Å². The van der Waals surface area contributed by atoms with E-state index in [4.69, 9.17) is 9.47 Å². The van der Waals surface area contributed by atoms with Crippen molar-refractivity contribution in [2.24, 2.45) is 0 Å². The van der Waals surface area contributed by atoms with Gasteiger partial charge >= 0.3 is 0 Å². The molecule has 1 aromatic heterocycles. The van der Waals surface area contributed by atoms with E-state index in [0.717, 1.165) is 11.1 Å². The summed E-state index contributed by atoms with van der Waals surface area (Å²) >= 11 is 0. The highest BCUT2D eigenvalue weighted by molar-refractivity contribution is 7.90. The summed E-state index contributed by atoms with van der Waals surface area (Å²) in [6.45, 7) is 1.44. The molecule has 0 amide bonds. The van der Waals surface area contributed by atoms with Gasteiger partial charge < -0.3 is 14.8 Å². The van der Waals surface area contributed by atoms with Crippen LogP contribution in [0.25, 0.3) is 11.3 Å². The van der Waals surface area contributed by atoms with E-state index >= 15 is 0 Å². The van der Waals surface area contributed by atoms with E-state index in [1.54, 1.807) is 18.3 Å². The highest BCUT2D eigenvalue weighted by Crippen LogP contribution is 2.34. The lowest BCUT2D eigenvalue weighted by molar-refractivity contribution is 0.171. The Hall–Kier alpha value is -2.48. The molecular weight excluding hydrogens is 400 g/mol. The van der Waals surface area contributed by atoms with Crippen LogP contribution in [-0.4, -0.2) is 32.7 Å². The monoisotopic (exact) mass is 420 g/mol. The van der Waals surface area contributed by atoms with E-state index in [1.807, 2.05) is 43.4 Å². The second kappa shape index (κ2) is 8.26. The number of nitrogens with zero attached hydrogens (tertiary/aromatic N) is 1. The third-order valence-corrected chi connectivity index (χ3v) is 6.03. The minimum absolute atomic E-state index is 0. The van der Waals surface area contributed by atoms with Crippen LogP contribution < -0.4 is 14.8 Å². The highest BCUT2D eigenvalue weighted by atomic mass is 35.5. The van der Waals surface area contributed by atoms with Crippen molar-refractivity contribution in [3.05, 3.63) is 66.4 Å². The SMILES string of the molecule is CNCc1cc(-c2ccccc2)n(S(=O)(=O)c2ccc3c(c2)OCCO3)c1.Cl. The highest BCUT2D eigenvalue weighted by Gasteiger charge is 2.24. The molecule has 0 bridgehead atoms. The average molecular weight is 421 g/mol. The molecule has 1 N–H and O–H groups in total. The maximum atomic E-state index is 13.4. The maximum Gasteiger partial charge on any atom is 0.268 e. The third kappa shape index (κ3) is 3.73. The first-order valence-corrected chi connectivity index (χ1v) is 10.1. The van der Waals surface area contributed by atoms with E-state index < -0.39 is 10.0 Å². The molecule has 0 atom stereocenters. The molecule has 0 saturated carbocycles. The molecular formula is C20H21ClN2O4S. The van der Waals surface area contributed by atoms with Crippen molar-refractivity contribution in [3.63, 3.8) is 0 Å². The maximum absolute atomic E-state index is 13.4. The Kier molecular flexibility index (Phi) is 5.98. The van der Waals surface area contributed by atoms with Gasteiger partial charge in [-0.15, -0.1) is 12.4 Å². The van der Waals surface area contributed by atoms with Crippen LogP contribution in [0, 0.1) is 0 Å². The van der Waals surface area contributed by atoms with Crippen molar-refractivity contribution >= 4 is 22.4 Å². The Morgan fingerprint density at radius 3 is 2.43 bits per heavy atom. The molecule has 3 aromatic rings. The smallest absolute Gasteiger partial charge is 0.268 e. The van der Waals surface area contributed by atoms with E-state index in [1.165, 1.54) is 10.0 Å². The first-order chi connectivity index (χ1) is 13.1. The summed E-state index contributed by atoms with van der Waals surface area (Å²) in [5.41, 5.74) is 2.34. The van der Waals surface area contributed by atoms with E-state index in [9.17, 15) is 8.42 Å². The number of hydrogen-bond donors (Lipinski definition) is 1. The summed E-state index contributed by atoms with van der Waals surface area (Å²) in [4.78, 5) is 0.163. The number of halogens is 1. The molecule has 0 radical (unpaired) electrons. The second-order valence-electron chi connectivity index (χ2n) is 6.24. The number of fused-ring (bicyclic) bond motifs is 1. The van der Waals surface area contributed by atoms with Crippen molar-refractivity contribution in [2.45, 2.75) is 11.4 Å². The number of ether oxygens (including phenoxy) is 2. The standard InChI is InChI=1S/C20H20N2O4S.ClH/c1-21-13-15-11-18(16-5-3-2-4-6-16)22(14-15)27(23,24)17-7-8-19-20(12-17)26-10-9-25-19;/h2-8,11-12,14,21H,9-10,13H2,1H3;1H. The molecule has 148 valence electrons. The van der Waals surface area contributed by atoms with Crippen molar-refractivity contribution in [2.75, 3.05) is 20.3 Å². The summed E-state index contributed by atoms with van der Waals surface area (Å²) in [7, 11) is -1.97. The molecule has 0 fully saturated rings. The molecule has 28 heavy (non-hydrogen) atoms. The van der Waals surface area contributed by atoms with Crippen LogP contribution in [0.15, 0.2) is 65.7 Å². The molecule has 8 heteroatoms. The van der Waals surface area contributed by atoms with Crippen LogP contribution in [0.4, 0.5) is 0 Å². The van der Waals surface area contributed by atoms with Gasteiger partial charge in [-0.3, -0.25) is 0 Å². The largest absolute Gasteiger partial charge is 0.486 e. The minimum Gasteiger partial charge on any atom is -0.486 e. The lowest BCUT2D eigenvalue weighted by Crippen LogP contribution is -2.17. The molecule has 1 aliphatic heterocycles. The topological polar surface area (TPSA) is 69.6 Å². The van der Waals surface area contributed by atoms with Gasteiger partial charge in [-0.2, -0.15) is 0 Å². The molecule has 0 aliphatic carbocycles. The first kappa shape index (κ1) is 20.3. The number of nitrogens with one attached hydrogen (secondary N) is 1. The third-order valence-electron chi connectivity index (χ3n) is 4.36.